The van der Waals surface area contributed by atoms with Crippen molar-refractivity contribution < 1.29 is 4.79 Å². The molecule has 0 radical (unpaired) electrons. The van der Waals surface area contributed by atoms with E-state index in [0.717, 1.165) is 24.0 Å². The molecule has 1 fully saturated rings. The second kappa shape index (κ2) is 3.29. The summed E-state index contributed by atoms with van der Waals surface area (Å²) in [6.07, 6.45) is 6.80. The molecule has 0 spiro atoms. The molecule has 13 heavy (non-hydrogen) atoms. The lowest BCUT2D eigenvalue weighted by Gasteiger charge is -2.24. The molecule has 0 aliphatic heterocycles. The molecule has 1 aromatic heterocycles. The van der Waals surface area contributed by atoms with Crippen LogP contribution in [0, 0.1) is 12.8 Å². The first kappa shape index (κ1) is 8.42. The zero-order valence-electron chi connectivity index (χ0n) is 7.79. The minimum Gasteiger partial charge on any atom is -0.294 e. The highest BCUT2D eigenvalue weighted by molar-refractivity contribution is 5.99. The maximum Gasteiger partial charge on any atom is 0.166 e. The maximum absolute atomic E-state index is 11.8. The van der Waals surface area contributed by atoms with Crippen LogP contribution in [0.1, 0.15) is 35.2 Å². The number of ketones is 1. The molecule has 2 heteroatoms. The van der Waals surface area contributed by atoms with Gasteiger partial charge in [-0.2, -0.15) is 0 Å². The first-order valence-corrected chi connectivity index (χ1v) is 4.74. The second-order valence-electron chi connectivity index (χ2n) is 3.68. The van der Waals surface area contributed by atoms with E-state index in [1.54, 1.807) is 12.4 Å². The monoisotopic (exact) mass is 175 g/mol. The van der Waals surface area contributed by atoms with Crippen molar-refractivity contribution in [3.05, 3.63) is 29.6 Å². The number of hydrogen-bond donors (Lipinski definition) is 0. The van der Waals surface area contributed by atoms with Gasteiger partial charge in [-0.3, -0.25) is 9.78 Å². The van der Waals surface area contributed by atoms with Gasteiger partial charge >= 0.3 is 0 Å². The second-order valence-corrected chi connectivity index (χ2v) is 3.68. The van der Waals surface area contributed by atoms with Crippen molar-refractivity contribution in [2.45, 2.75) is 26.2 Å². The molecular formula is C11H13NO. The normalized spacial score (nSPS) is 16.7. The summed E-state index contributed by atoms with van der Waals surface area (Å²) in [5.74, 6) is 0.604. The Bertz CT molecular complexity index is 329. The van der Waals surface area contributed by atoms with Crippen LogP contribution in [-0.4, -0.2) is 10.8 Å². The van der Waals surface area contributed by atoms with Gasteiger partial charge in [0.05, 0.1) is 0 Å². The van der Waals surface area contributed by atoms with E-state index in [-0.39, 0.29) is 0 Å². The van der Waals surface area contributed by atoms with Crippen LogP contribution >= 0.6 is 0 Å². The van der Waals surface area contributed by atoms with Crippen molar-refractivity contribution in [1.82, 2.24) is 4.98 Å². The van der Waals surface area contributed by atoms with Gasteiger partial charge in [0.1, 0.15) is 0 Å². The highest BCUT2D eigenvalue weighted by Gasteiger charge is 2.26. The van der Waals surface area contributed by atoms with Crippen LogP contribution in [-0.2, 0) is 0 Å². The fourth-order valence-corrected chi connectivity index (χ4v) is 1.64. The molecule has 0 aromatic carbocycles. The molecule has 2 rings (SSSR count). The van der Waals surface area contributed by atoms with Crippen LogP contribution in [0.3, 0.4) is 0 Å². The lowest BCUT2D eigenvalue weighted by molar-refractivity contribution is 0.0854. The van der Waals surface area contributed by atoms with Crippen LogP contribution in [0.15, 0.2) is 18.5 Å². The summed E-state index contributed by atoms with van der Waals surface area (Å²) in [6.45, 7) is 1.94. The number of carbonyl (C=O) groups excluding carboxylic acids is 1. The highest BCUT2D eigenvalue weighted by Crippen LogP contribution is 2.30. The molecular weight excluding hydrogens is 162 g/mol. The van der Waals surface area contributed by atoms with E-state index in [0.29, 0.717) is 11.7 Å². The van der Waals surface area contributed by atoms with E-state index in [1.165, 1.54) is 6.42 Å². The molecule has 0 saturated heterocycles. The van der Waals surface area contributed by atoms with E-state index < -0.39 is 0 Å². The van der Waals surface area contributed by atoms with Crippen molar-refractivity contribution in [3.8, 4) is 0 Å². The van der Waals surface area contributed by atoms with E-state index in [2.05, 4.69) is 4.98 Å². The fourth-order valence-electron chi connectivity index (χ4n) is 1.64. The van der Waals surface area contributed by atoms with Gasteiger partial charge in [0.25, 0.3) is 0 Å². The minimum absolute atomic E-state index is 0.293. The third-order valence-electron chi connectivity index (χ3n) is 2.76. The SMILES string of the molecule is Cc1cnccc1C(=O)C1CCC1. The molecule has 0 N–H and O–H groups in total. The van der Waals surface area contributed by atoms with Gasteiger partial charge in [-0.15, -0.1) is 0 Å². The Labute approximate surface area is 78.0 Å². The quantitative estimate of drug-likeness (QED) is 0.646. The number of Topliss-reactive ketones (excluding diaryl/α,β-unsaturated/α-hetero) is 1. The van der Waals surface area contributed by atoms with Gasteiger partial charge in [-0.1, -0.05) is 6.42 Å². The van der Waals surface area contributed by atoms with Crippen molar-refractivity contribution in [2.75, 3.05) is 0 Å². The molecule has 2 nitrogen and oxygen atoms in total. The van der Waals surface area contributed by atoms with Gasteiger partial charge < -0.3 is 0 Å². The summed E-state index contributed by atoms with van der Waals surface area (Å²) in [7, 11) is 0. The highest BCUT2D eigenvalue weighted by atomic mass is 16.1. The molecule has 1 heterocycles. The van der Waals surface area contributed by atoms with E-state index in [9.17, 15) is 4.79 Å². The maximum atomic E-state index is 11.8. The number of aryl methyl sites for hydroxylation is 1. The van der Waals surface area contributed by atoms with Crippen molar-refractivity contribution >= 4 is 5.78 Å². The number of pyridine rings is 1. The molecule has 1 saturated carbocycles. The molecule has 0 atom stereocenters. The molecule has 0 amide bonds. The third-order valence-corrected chi connectivity index (χ3v) is 2.76. The predicted molar refractivity (Wildman–Crippen MR) is 50.6 cm³/mol. The summed E-state index contributed by atoms with van der Waals surface area (Å²) in [4.78, 5) is 15.8. The van der Waals surface area contributed by atoms with Gasteiger partial charge in [0.2, 0.25) is 0 Å². The van der Waals surface area contributed by atoms with Crippen molar-refractivity contribution in [3.63, 3.8) is 0 Å². The number of rotatable bonds is 2. The molecule has 68 valence electrons. The largest absolute Gasteiger partial charge is 0.294 e. The Morgan fingerprint density at radius 3 is 2.85 bits per heavy atom. The standard InChI is InChI=1S/C11H13NO/c1-8-7-12-6-5-10(8)11(13)9-3-2-4-9/h5-7,9H,2-4H2,1H3. The zero-order valence-corrected chi connectivity index (χ0v) is 7.79. The summed E-state index contributed by atoms with van der Waals surface area (Å²) in [5, 5.41) is 0. The van der Waals surface area contributed by atoms with Gasteiger partial charge in [0.15, 0.2) is 5.78 Å². The first-order chi connectivity index (χ1) is 6.29. The molecule has 0 bridgehead atoms. The number of aromatic nitrogens is 1. The minimum atomic E-state index is 0.293. The van der Waals surface area contributed by atoms with Gasteiger partial charge in [-0.25, -0.2) is 0 Å². The molecule has 0 unspecified atom stereocenters. The lowest BCUT2D eigenvalue weighted by Crippen LogP contribution is -2.22. The predicted octanol–water partition coefficient (Wildman–Crippen LogP) is 2.37. The summed E-state index contributed by atoms with van der Waals surface area (Å²) < 4.78 is 0. The smallest absolute Gasteiger partial charge is 0.166 e. The van der Waals surface area contributed by atoms with Crippen molar-refractivity contribution in [1.29, 1.82) is 0 Å². The van der Waals surface area contributed by atoms with Crippen LogP contribution < -0.4 is 0 Å². The number of nitrogens with zero attached hydrogens (tertiary/aromatic N) is 1. The zero-order chi connectivity index (χ0) is 9.26. The Hall–Kier alpha value is -1.18. The number of carbonyl (C=O) groups is 1. The van der Waals surface area contributed by atoms with Crippen LogP contribution in [0.25, 0.3) is 0 Å². The van der Waals surface area contributed by atoms with E-state index >= 15 is 0 Å². The van der Waals surface area contributed by atoms with Gasteiger partial charge in [-0.05, 0) is 31.4 Å². The van der Waals surface area contributed by atoms with E-state index in [1.807, 2.05) is 13.0 Å². The Balaban J connectivity index is 2.24. The van der Waals surface area contributed by atoms with E-state index in [4.69, 9.17) is 0 Å². The third kappa shape index (κ3) is 1.48. The average molecular weight is 175 g/mol. The first-order valence-electron chi connectivity index (χ1n) is 4.74. The van der Waals surface area contributed by atoms with Crippen LogP contribution in [0.2, 0.25) is 0 Å². The molecule has 1 aliphatic rings. The van der Waals surface area contributed by atoms with Gasteiger partial charge in [0, 0.05) is 23.9 Å². The number of hydrogen-bond acceptors (Lipinski definition) is 2. The molecule has 1 aromatic rings. The molecule has 1 aliphatic carbocycles. The lowest BCUT2D eigenvalue weighted by atomic mass is 9.79. The van der Waals surface area contributed by atoms with Crippen LogP contribution in [0.5, 0.6) is 0 Å². The topological polar surface area (TPSA) is 30.0 Å². The Morgan fingerprint density at radius 1 is 1.54 bits per heavy atom. The summed E-state index contributed by atoms with van der Waals surface area (Å²) in [5.41, 5.74) is 1.86. The van der Waals surface area contributed by atoms with Crippen molar-refractivity contribution in [2.24, 2.45) is 5.92 Å². The Morgan fingerprint density at radius 2 is 2.31 bits per heavy atom. The summed E-state index contributed by atoms with van der Waals surface area (Å²) >= 11 is 0. The average Bonchev–Trinajstić information content (AvgIpc) is 2.01. The summed E-state index contributed by atoms with van der Waals surface area (Å²) in [6, 6.07) is 1.83. The Kier molecular flexibility index (Phi) is 2.13. The fraction of sp³-hybridized carbons (Fsp3) is 0.455. The van der Waals surface area contributed by atoms with Crippen LogP contribution in [0.4, 0.5) is 0 Å².